The molecule has 0 bridgehead atoms. The Morgan fingerprint density at radius 1 is 0.952 bits per heavy atom. The van der Waals surface area contributed by atoms with Crippen LogP contribution in [-0.4, -0.2) is 0 Å². The van der Waals surface area contributed by atoms with E-state index in [2.05, 4.69) is 15.9 Å². The average molecular weight is 402 g/mol. The summed E-state index contributed by atoms with van der Waals surface area (Å²) >= 11 is 15.0. The van der Waals surface area contributed by atoms with E-state index in [1.54, 1.807) is 0 Å². The Kier molecular flexibility index (Phi) is 4.85. The summed E-state index contributed by atoms with van der Waals surface area (Å²) in [6.07, 6.45) is -4.55. The van der Waals surface area contributed by atoms with Gasteiger partial charge in [-0.05, 0) is 42.0 Å². The van der Waals surface area contributed by atoms with E-state index < -0.39 is 22.4 Å². The van der Waals surface area contributed by atoms with Gasteiger partial charge in [0.1, 0.15) is 5.82 Å². The second-order valence-corrected chi connectivity index (χ2v) is 6.02. The SMILES string of the molecule is Fc1ccc(C(F)(F)F)cc1C(Br)c1cc(Cl)ccc1Cl. The van der Waals surface area contributed by atoms with E-state index >= 15 is 0 Å². The average Bonchev–Trinajstić information content (AvgIpc) is 2.40. The van der Waals surface area contributed by atoms with Crippen LogP contribution in [0.15, 0.2) is 36.4 Å². The summed E-state index contributed by atoms with van der Waals surface area (Å²) in [6.45, 7) is 0. The van der Waals surface area contributed by atoms with Gasteiger partial charge in [0, 0.05) is 15.6 Å². The predicted octanol–water partition coefficient (Wildman–Crippen LogP) is 6.64. The minimum absolute atomic E-state index is 0.158. The molecular weight excluding hydrogens is 395 g/mol. The topological polar surface area (TPSA) is 0 Å². The maximum Gasteiger partial charge on any atom is 0.416 e. The van der Waals surface area contributed by atoms with Crippen molar-refractivity contribution < 1.29 is 17.6 Å². The first-order valence-corrected chi connectivity index (χ1v) is 7.33. The van der Waals surface area contributed by atoms with Gasteiger partial charge in [-0.25, -0.2) is 4.39 Å². The number of halogens is 7. The van der Waals surface area contributed by atoms with Crippen LogP contribution in [0.2, 0.25) is 10.0 Å². The lowest BCUT2D eigenvalue weighted by molar-refractivity contribution is -0.137. The van der Waals surface area contributed by atoms with Crippen LogP contribution in [0.3, 0.4) is 0 Å². The van der Waals surface area contributed by atoms with Crippen LogP contribution in [-0.2, 0) is 6.18 Å². The van der Waals surface area contributed by atoms with E-state index in [9.17, 15) is 17.6 Å². The Morgan fingerprint density at radius 3 is 2.24 bits per heavy atom. The molecule has 0 saturated carbocycles. The first-order valence-electron chi connectivity index (χ1n) is 5.66. The first-order chi connectivity index (χ1) is 9.70. The molecule has 0 aromatic heterocycles. The van der Waals surface area contributed by atoms with Crippen molar-refractivity contribution in [2.45, 2.75) is 11.0 Å². The number of benzene rings is 2. The molecule has 0 amide bonds. The Morgan fingerprint density at radius 2 is 1.62 bits per heavy atom. The van der Waals surface area contributed by atoms with Gasteiger partial charge in [-0.1, -0.05) is 39.1 Å². The lowest BCUT2D eigenvalue weighted by Gasteiger charge is -2.16. The van der Waals surface area contributed by atoms with Gasteiger partial charge in [-0.3, -0.25) is 0 Å². The van der Waals surface area contributed by atoms with E-state index in [4.69, 9.17) is 23.2 Å². The molecule has 2 rings (SSSR count). The highest BCUT2D eigenvalue weighted by molar-refractivity contribution is 9.09. The molecule has 1 atom stereocenters. The zero-order chi connectivity index (χ0) is 15.8. The first kappa shape index (κ1) is 16.6. The van der Waals surface area contributed by atoms with Gasteiger partial charge in [0.25, 0.3) is 0 Å². The van der Waals surface area contributed by atoms with Crippen LogP contribution in [0.5, 0.6) is 0 Å². The number of hydrogen-bond donors (Lipinski definition) is 0. The molecule has 112 valence electrons. The van der Waals surface area contributed by atoms with Crippen LogP contribution in [0.4, 0.5) is 17.6 Å². The van der Waals surface area contributed by atoms with Gasteiger partial charge >= 0.3 is 6.18 Å². The van der Waals surface area contributed by atoms with Crippen LogP contribution in [0.1, 0.15) is 21.5 Å². The minimum Gasteiger partial charge on any atom is -0.207 e. The molecule has 1 unspecified atom stereocenters. The molecule has 0 nitrogen and oxygen atoms in total. The van der Waals surface area contributed by atoms with Crippen LogP contribution in [0.25, 0.3) is 0 Å². The second-order valence-electron chi connectivity index (χ2n) is 4.26. The van der Waals surface area contributed by atoms with Gasteiger partial charge in [-0.2, -0.15) is 13.2 Å². The standard InChI is InChI=1S/C14H7BrCl2F4/c15-13(9-6-8(16)2-3-11(9)17)10-5-7(14(19,20)21)1-4-12(10)18/h1-6,13H. The molecule has 2 aromatic carbocycles. The molecule has 0 heterocycles. The summed E-state index contributed by atoms with van der Waals surface area (Å²) in [6, 6.07) is 6.74. The van der Waals surface area contributed by atoms with Crippen LogP contribution in [0, 0.1) is 5.82 Å². The molecule has 0 fully saturated rings. The highest BCUT2D eigenvalue weighted by Crippen LogP contribution is 2.40. The number of rotatable bonds is 2. The summed E-state index contributed by atoms with van der Waals surface area (Å²) in [5.41, 5.74) is -0.696. The van der Waals surface area contributed by atoms with Gasteiger partial charge in [-0.15, -0.1) is 0 Å². The molecule has 0 radical (unpaired) electrons. The third-order valence-corrected chi connectivity index (χ3v) is 4.39. The monoisotopic (exact) mass is 400 g/mol. The fourth-order valence-electron chi connectivity index (χ4n) is 1.79. The second kappa shape index (κ2) is 6.15. The third kappa shape index (κ3) is 3.71. The van der Waals surface area contributed by atoms with E-state index in [-0.39, 0.29) is 10.6 Å². The molecule has 2 aromatic rings. The number of hydrogen-bond acceptors (Lipinski definition) is 0. The van der Waals surface area contributed by atoms with Crippen LogP contribution < -0.4 is 0 Å². The predicted molar refractivity (Wildman–Crippen MR) is 78.6 cm³/mol. The summed E-state index contributed by atoms with van der Waals surface area (Å²) in [7, 11) is 0. The van der Waals surface area contributed by atoms with Crippen molar-refractivity contribution in [2.75, 3.05) is 0 Å². The van der Waals surface area contributed by atoms with Crippen LogP contribution >= 0.6 is 39.1 Å². The summed E-state index contributed by atoms with van der Waals surface area (Å²) < 4.78 is 52.0. The quantitative estimate of drug-likeness (QED) is 0.391. The molecule has 0 spiro atoms. The summed E-state index contributed by atoms with van der Waals surface area (Å²) in [4.78, 5) is -0.842. The maximum atomic E-state index is 13.9. The lowest BCUT2D eigenvalue weighted by atomic mass is 10.0. The van der Waals surface area contributed by atoms with Gasteiger partial charge in [0.05, 0.1) is 10.4 Å². The normalized spacial score (nSPS) is 13.3. The zero-order valence-electron chi connectivity index (χ0n) is 10.2. The molecule has 0 aliphatic carbocycles. The molecule has 0 aliphatic rings. The fourth-order valence-corrected chi connectivity index (χ4v) is 3.06. The van der Waals surface area contributed by atoms with Gasteiger partial charge < -0.3 is 0 Å². The zero-order valence-corrected chi connectivity index (χ0v) is 13.3. The maximum absolute atomic E-state index is 13.9. The Labute approximate surface area is 136 Å². The van der Waals surface area contributed by atoms with Crippen molar-refractivity contribution in [2.24, 2.45) is 0 Å². The van der Waals surface area contributed by atoms with E-state index in [0.29, 0.717) is 16.7 Å². The fraction of sp³-hybridized carbons (Fsp3) is 0.143. The van der Waals surface area contributed by atoms with Gasteiger partial charge in [0.15, 0.2) is 0 Å². The summed E-state index contributed by atoms with van der Waals surface area (Å²) in [5.74, 6) is -0.763. The van der Waals surface area contributed by atoms with Crippen molar-refractivity contribution in [3.05, 3.63) is 69.0 Å². The van der Waals surface area contributed by atoms with Crippen molar-refractivity contribution in [3.8, 4) is 0 Å². The Balaban J connectivity index is 2.52. The smallest absolute Gasteiger partial charge is 0.207 e. The lowest BCUT2D eigenvalue weighted by Crippen LogP contribution is -2.07. The number of alkyl halides is 4. The van der Waals surface area contributed by atoms with Crippen molar-refractivity contribution >= 4 is 39.1 Å². The van der Waals surface area contributed by atoms with Crippen molar-refractivity contribution in [1.82, 2.24) is 0 Å². The Bertz CT molecular complexity index is 671. The molecule has 21 heavy (non-hydrogen) atoms. The summed E-state index contributed by atoms with van der Waals surface area (Å²) in [5, 5.41) is 0.629. The van der Waals surface area contributed by atoms with E-state index in [1.807, 2.05) is 0 Å². The molecule has 0 N–H and O–H groups in total. The van der Waals surface area contributed by atoms with Crippen molar-refractivity contribution in [1.29, 1.82) is 0 Å². The van der Waals surface area contributed by atoms with E-state index in [1.165, 1.54) is 18.2 Å². The molecule has 0 saturated heterocycles. The van der Waals surface area contributed by atoms with Crippen molar-refractivity contribution in [3.63, 3.8) is 0 Å². The molecule has 7 heteroatoms. The largest absolute Gasteiger partial charge is 0.416 e. The Hall–Kier alpha value is -0.780. The van der Waals surface area contributed by atoms with Gasteiger partial charge in [0.2, 0.25) is 0 Å². The highest BCUT2D eigenvalue weighted by atomic mass is 79.9. The van der Waals surface area contributed by atoms with E-state index in [0.717, 1.165) is 12.1 Å². The molecule has 0 aliphatic heterocycles. The molecular formula is C14H7BrCl2F4. The minimum atomic E-state index is -4.55. The highest BCUT2D eigenvalue weighted by Gasteiger charge is 2.32. The third-order valence-electron chi connectivity index (χ3n) is 2.83.